The summed E-state index contributed by atoms with van der Waals surface area (Å²) in [5.41, 5.74) is 0.657. The number of hydrogen-bond acceptors (Lipinski definition) is 6. The van der Waals surface area contributed by atoms with Crippen molar-refractivity contribution in [2.75, 3.05) is 11.6 Å². The number of rotatable bonds is 3. The van der Waals surface area contributed by atoms with Crippen molar-refractivity contribution in [3.63, 3.8) is 0 Å². The summed E-state index contributed by atoms with van der Waals surface area (Å²) < 4.78 is 22.9. The van der Waals surface area contributed by atoms with E-state index >= 15 is 0 Å². The number of nitrogens with one attached hydrogen (secondary N) is 1. The number of pyridine rings is 1. The van der Waals surface area contributed by atoms with E-state index in [-0.39, 0.29) is 16.4 Å². The van der Waals surface area contributed by atoms with Crippen LogP contribution in [0.5, 0.6) is 11.5 Å². The molecule has 6 nitrogen and oxygen atoms in total. The van der Waals surface area contributed by atoms with Crippen molar-refractivity contribution >= 4 is 32.1 Å². The molecule has 0 aliphatic carbocycles. The Labute approximate surface area is 133 Å². The van der Waals surface area contributed by atoms with Gasteiger partial charge in [-0.3, -0.25) is 0 Å². The Hall–Kier alpha value is -2.80. The van der Waals surface area contributed by atoms with E-state index in [4.69, 9.17) is 0 Å². The lowest BCUT2D eigenvalue weighted by molar-refractivity contribution is 0.405. The lowest BCUT2D eigenvalue weighted by Crippen LogP contribution is -1.98. The Morgan fingerprint density at radius 2 is 1.65 bits per heavy atom. The fourth-order valence-corrected chi connectivity index (χ4v) is 2.85. The Kier molecular flexibility index (Phi) is 3.57. The Morgan fingerprint density at radius 1 is 1.00 bits per heavy atom. The predicted octanol–water partition coefficient (Wildman–Crippen LogP) is 2.79. The minimum atomic E-state index is -3.24. The van der Waals surface area contributed by atoms with Crippen LogP contribution in [0.15, 0.2) is 53.6 Å². The molecule has 3 rings (SSSR count). The molecule has 23 heavy (non-hydrogen) atoms. The third kappa shape index (κ3) is 3.04. The highest BCUT2D eigenvalue weighted by Crippen LogP contribution is 2.33. The fourth-order valence-electron chi connectivity index (χ4n) is 2.22. The summed E-state index contributed by atoms with van der Waals surface area (Å²) in [5.74, 6) is 0.0537. The number of aromatic hydroxyl groups is 2. The first-order chi connectivity index (χ1) is 10.8. The molecule has 0 aliphatic heterocycles. The molecule has 0 amide bonds. The van der Waals surface area contributed by atoms with Crippen molar-refractivity contribution in [3.8, 4) is 11.5 Å². The van der Waals surface area contributed by atoms with Gasteiger partial charge in [-0.15, -0.1) is 0 Å². The second kappa shape index (κ2) is 5.44. The molecular formula is C16H14N2O4S. The standard InChI is InChI=1S/C16H14N2O4S/c1-23(21,22)12-4-2-11(3-5-12)18-16-13-9-15(20)14(19)8-10(13)6-7-17-16/h2-9,19-20H,1H3,(H,17,18). The smallest absolute Gasteiger partial charge is 0.175 e. The minimum absolute atomic E-state index is 0.202. The van der Waals surface area contributed by atoms with Gasteiger partial charge in [-0.25, -0.2) is 13.4 Å². The number of aromatic nitrogens is 1. The van der Waals surface area contributed by atoms with E-state index in [0.29, 0.717) is 22.3 Å². The normalized spacial score (nSPS) is 11.5. The summed E-state index contributed by atoms with van der Waals surface area (Å²) in [4.78, 5) is 4.45. The van der Waals surface area contributed by atoms with Crippen molar-refractivity contribution in [3.05, 3.63) is 48.7 Å². The molecule has 0 bridgehead atoms. The second-order valence-corrected chi connectivity index (χ2v) is 7.16. The number of nitrogens with zero attached hydrogens (tertiary/aromatic N) is 1. The lowest BCUT2D eigenvalue weighted by Gasteiger charge is -2.10. The monoisotopic (exact) mass is 330 g/mol. The predicted molar refractivity (Wildman–Crippen MR) is 87.9 cm³/mol. The molecule has 0 unspecified atom stereocenters. The lowest BCUT2D eigenvalue weighted by atomic mass is 10.1. The zero-order chi connectivity index (χ0) is 16.6. The molecule has 1 aromatic heterocycles. The summed E-state index contributed by atoms with van der Waals surface area (Å²) in [7, 11) is -3.24. The zero-order valence-electron chi connectivity index (χ0n) is 12.2. The van der Waals surface area contributed by atoms with Crippen molar-refractivity contribution in [1.29, 1.82) is 0 Å². The van der Waals surface area contributed by atoms with Gasteiger partial charge in [0.05, 0.1) is 4.90 Å². The van der Waals surface area contributed by atoms with Crippen LogP contribution in [0.25, 0.3) is 10.8 Å². The molecule has 2 aromatic carbocycles. The molecule has 118 valence electrons. The summed E-state index contributed by atoms with van der Waals surface area (Å²) in [6.45, 7) is 0. The maximum absolute atomic E-state index is 11.5. The number of anilines is 2. The van der Waals surface area contributed by atoms with Gasteiger partial charge in [-0.2, -0.15) is 0 Å². The summed E-state index contributed by atoms with van der Waals surface area (Å²) in [6.07, 6.45) is 2.73. The van der Waals surface area contributed by atoms with Crippen LogP contribution in [-0.4, -0.2) is 29.9 Å². The van der Waals surface area contributed by atoms with E-state index in [0.717, 1.165) is 6.26 Å². The first-order valence-electron chi connectivity index (χ1n) is 6.72. The van der Waals surface area contributed by atoms with Crippen molar-refractivity contribution in [1.82, 2.24) is 4.98 Å². The van der Waals surface area contributed by atoms with Gasteiger partial charge in [0.15, 0.2) is 21.3 Å². The van der Waals surface area contributed by atoms with Gasteiger partial charge in [0.2, 0.25) is 0 Å². The molecular weight excluding hydrogens is 316 g/mol. The van der Waals surface area contributed by atoms with E-state index in [1.807, 2.05) is 0 Å². The summed E-state index contributed by atoms with van der Waals surface area (Å²) in [6, 6.07) is 10.9. The highest BCUT2D eigenvalue weighted by Gasteiger charge is 2.09. The second-order valence-electron chi connectivity index (χ2n) is 5.14. The maximum Gasteiger partial charge on any atom is 0.175 e. The van der Waals surface area contributed by atoms with Crippen molar-refractivity contribution in [2.24, 2.45) is 0 Å². The van der Waals surface area contributed by atoms with E-state index in [1.54, 1.807) is 24.4 Å². The molecule has 0 saturated carbocycles. The fraction of sp³-hybridized carbons (Fsp3) is 0.0625. The Morgan fingerprint density at radius 3 is 2.30 bits per heavy atom. The Balaban J connectivity index is 2.00. The van der Waals surface area contributed by atoms with Crippen LogP contribution < -0.4 is 5.32 Å². The largest absolute Gasteiger partial charge is 0.504 e. The van der Waals surface area contributed by atoms with E-state index in [9.17, 15) is 18.6 Å². The molecule has 3 N–H and O–H groups in total. The van der Waals surface area contributed by atoms with Gasteiger partial charge in [-0.1, -0.05) is 0 Å². The van der Waals surface area contributed by atoms with Gasteiger partial charge in [0.1, 0.15) is 5.82 Å². The first kappa shape index (κ1) is 15.1. The highest BCUT2D eigenvalue weighted by atomic mass is 32.2. The minimum Gasteiger partial charge on any atom is -0.504 e. The van der Waals surface area contributed by atoms with Crippen LogP contribution >= 0.6 is 0 Å². The molecule has 3 aromatic rings. The molecule has 1 heterocycles. The third-order valence-electron chi connectivity index (χ3n) is 3.40. The van der Waals surface area contributed by atoms with Crippen LogP contribution in [0.2, 0.25) is 0 Å². The van der Waals surface area contributed by atoms with Crippen LogP contribution in [0.3, 0.4) is 0 Å². The number of sulfone groups is 1. The molecule has 0 radical (unpaired) electrons. The number of hydrogen-bond donors (Lipinski definition) is 3. The van der Waals surface area contributed by atoms with Gasteiger partial charge in [-0.05, 0) is 47.9 Å². The van der Waals surface area contributed by atoms with E-state index in [1.165, 1.54) is 24.3 Å². The maximum atomic E-state index is 11.5. The van der Waals surface area contributed by atoms with Gasteiger partial charge < -0.3 is 15.5 Å². The van der Waals surface area contributed by atoms with Crippen molar-refractivity contribution < 1.29 is 18.6 Å². The average Bonchev–Trinajstić information content (AvgIpc) is 2.49. The molecule has 0 fully saturated rings. The quantitative estimate of drug-likeness (QED) is 0.639. The van der Waals surface area contributed by atoms with Gasteiger partial charge >= 0.3 is 0 Å². The van der Waals surface area contributed by atoms with Crippen LogP contribution in [0, 0.1) is 0 Å². The highest BCUT2D eigenvalue weighted by molar-refractivity contribution is 7.90. The van der Waals surface area contributed by atoms with Crippen LogP contribution in [0.4, 0.5) is 11.5 Å². The topological polar surface area (TPSA) is 99.5 Å². The van der Waals surface area contributed by atoms with E-state index in [2.05, 4.69) is 10.3 Å². The SMILES string of the molecule is CS(=O)(=O)c1ccc(Nc2nccc3cc(O)c(O)cc23)cc1. The summed E-state index contributed by atoms with van der Waals surface area (Å²) >= 11 is 0. The number of benzene rings is 2. The van der Waals surface area contributed by atoms with Crippen LogP contribution in [-0.2, 0) is 9.84 Å². The molecule has 7 heteroatoms. The molecule has 0 atom stereocenters. The average molecular weight is 330 g/mol. The van der Waals surface area contributed by atoms with E-state index < -0.39 is 9.84 Å². The first-order valence-corrected chi connectivity index (χ1v) is 8.61. The third-order valence-corrected chi connectivity index (χ3v) is 4.53. The molecule has 0 aliphatic rings. The van der Waals surface area contributed by atoms with Crippen molar-refractivity contribution in [2.45, 2.75) is 4.90 Å². The number of phenolic OH excluding ortho intramolecular Hbond substituents is 2. The number of phenols is 2. The van der Waals surface area contributed by atoms with Gasteiger partial charge in [0.25, 0.3) is 0 Å². The zero-order valence-corrected chi connectivity index (χ0v) is 13.0. The Bertz CT molecular complexity index is 983. The van der Waals surface area contributed by atoms with Crippen LogP contribution in [0.1, 0.15) is 0 Å². The molecule has 0 saturated heterocycles. The summed E-state index contributed by atoms with van der Waals surface area (Å²) in [5, 5.41) is 23.6. The molecule has 0 spiro atoms. The number of fused-ring (bicyclic) bond motifs is 1. The van der Waals surface area contributed by atoms with Gasteiger partial charge in [0, 0.05) is 23.5 Å².